The highest BCUT2D eigenvalue weighted by Crippen LogP contribution is 2.52. The standard InChI is InChI=1S/C16H19FO2/c1-16-7-6-10(8-11(16)2-5-15(16)19)13-4-3-12(18)9-14(13)17/h3-4,8-9,11,15,18-19H,2,5-7H2,1H3/t11-,15+,16+/m1/s1. The Labute approximate surface area is 112 Å². The maximum absolute atomic E-state index is 13.9. The van der Waals surface area contributed by atoms with E-state index in [1.165, 1.54) is 6.07 Å². The number of aliphatic hydroxyl groups is 1. The molecule has 2 aliphatic carbocycles. The zero-order valence-corrected chi connectivity index (χ0v) is 11.1. The van der Waals surface area contributed by atoms with Crippen LogP contribution in [0, 0.1) is 17.2 Å². The first-order chi connectivity index (χ1) is 9.00. The van der Waals surface area contributed by atoms with E-state index in [1.54, 1.807) is 6.07 Å². The predicted molar refractivity (Wildman–Crippen MR) is 72.1 cm³/mol. The topological polar surface area (TPSA) is 40.5 Å². The van der Waals surface area contributed by atoms with Crippen molar-refractivity contribution in [1.29, 1.82) is 0 Å². The van der Waals surface area contributed by atoms with Crippen molar-refractivity contribution in [1.82, 2.24) is 0 Å². The lowest BCUT2D eigenvalue weighted by molar-refractivity contribution is 0.0419. The van der Waals surface area contributed by atoms with Crippen molar-refractivity contribution in [2.45, 2.75) is 38.7 Å². The molecule has 0 spiro atoms. The van der Waals surface area contributed by atoms with E-state index < -0.39 is 0 Å². The number of hydrogen-bond acceptors (Lipinski definition) is 2. The summed E-state index contributed by atoms with van der Waals surface area (Å²) in [6.45, 7) is 2.13. The highest BCUT2D eigenvalue weighted by molar-refractivity contribution is 5.68. The van der Waals surface area contributed by atoms with Crippen molar-refractivity contribution in [3.05, 3.63) is 35.7 Å². The maximum atomic E-state index is 13.9. The van der Waals surface area contributed by atoms with Crippen LogP contribution in [-0.2, 0) is 0 Å². The minimum absolute atomic E-state index is 0.0428. The number of phenols is 1. The molecule has 1 fully saturated rings. The molecule has 0 aliphatic heterocycles. The van der Waals surface area contributed by atoms with E-state index in [9.17, 15) is 14.6 Å². The Hall–Kier alpha value is -1.35. The summed E-state index contributed by atoms with van der Waals surface area (Å²) in [4.78, 5) is 0. The van der Waals surface area contributed by atoms with Crippen molar-refractivity contribution in [3.63, 3.8) is 0 Å². The second-order valence-corrected chi connectivity index (χ2v) is 6.06. The number of hydrogen-bond donors (Lipinski definition) is 2. The number of aliphatic hydroxyl groups excluding tert-OH is 1. The van der Waals surface area contributed by atoms with Crippen LogP contribution < -0.4 is 0 Å². The molecule has 0 amide bonds. The lowest BCUT2D eigenvalue weighted by Crippen LogP contribution is -2.33. The van der Waals surface area contributed by atoms with Crippen LogP contribution in [0.5, 0.6) is 5.75 Å². The van der Waals surface area contributed by atoms with Gasteiger partial charge in [-0.15, -0.1) is 0 Å². The van der Waals surface area contributed by atoms with Gasteiger partial charge in [0.1, 0.15) is 11.6 Å². The average Bonchev–Trinajstić information content (AvgIpc) is 2.66. The fourth-order valence-corrected chi connectivity index (χ4v) is 3.59. The van der Waals surface area contributed by atoms with Gasteiger partial charge in [-0.3, -0.25) is 0 Å². The van der Waals surface area contributed by atoms with Gasteiger partial charge >= 0.3 is 0 Å². The molecule has 2 nitrogen and oxygen atoms in total. The monoisotopic (exact) mass is 262 g/mol. The minimum atomic E-state index is -0.367. The van der Waals surface area contributed by atoms with Gasteiger partial charge in [-0.05, 0) is 49.3 Å². The van der Waals surface area contributed by atoms with Crippen LogP contribution in [0.4, 0.5) is 4.39 Å². The molecule has 1 aromatic carbocycles. The van der Waals surface area contributed by atoms with Gasteiger partial charge in [0, 0.05) is 17.0 Å². The number of rotatable bonds is 1. The number of benzene rings is 1. The molecule has 102 valence electrons. The first kappa shape index (κ1) is 12.7. The molecule has 2 aliphatic rings. The third-order valence-electron chi connectivity index (χ3n) is 4.99. The molecule has 1 aromatic rings. The van der Waals surface area contributed by atoms with Crippen molar-refractivity contribution in [2.75, 3.05) is 0 Å². The second-order valence-electron chi connectivity index (χ2n) is 6.06. The molecule has 0 aromatic heterocycles. The Bertz CT molecular complexity index is 538. The van der Waals surface area contributed by atoms with Gasteiger partial charge in [0.2, 0.25) is 0 Å². The number of aromatic hydroxyl groups is 1. The van der Waals surface area contributed by atoms with Gasteiger partial charge in [0.25, 0.3) is 0 Å². The zero-order valence-electron chi connectivity index (χ0n) is 11.1. The third kappa shape index (κ3) is 1.96. The zero-order chi connectivity index (χ0) is 13.6. The van der Waals surface area contributed by atoms with Gasteiger partial charge in [-0.1, -0.05) is 13.0 Å². The second kappa shape index (κ2) is 4.34. The van der Waals surface area contributed by atoms with E-state index in [0.29, 0.717) is 11.5 Å². The molecule has 0 unspecified atom stereocenters. The number of halogens is 1. The van der Waals surface area contributed by atoms with Crippen molar-refractivity contribution in [2.24, 2.45) is 11.3 Å². The van der Waals surface area contributed by atoms with Crippen LogP contribution in [0.3, 0.4) is 0 Å². The predicted octanol–water partition coefficient (Wildman–Crippen LogP) is 3.49. The van der Waals surface area contributed by atoms with E-state index in [4.69, 9.17) is 0 Å². The largest absolute Gasteiger partial charge is 0.508 e. The Morgan fingerprint density at radius 3 is 2.84 bits per heavy atom. The van der Waals surface area contributed by atoms with E-state index in [-0.39, 0.29) is 23.1 Å². The summed E-state index contributed by atoms with van der Waals surface area (Å²) in [7, 11) is 0. The highest BCUT2D eigenvalue weighted by Gasteiger charge is 2.46. The van der Waals surface area contributed by atoms with Gasteiger partial charge in [-0.2, -0.15) is 0 Å². The molecule has 3 heteroatoms. The van der Waals surface area contributed by atoms with Gasteiger partial charge < -0.3 is 10.2 Å². The Morgan fingerprint density at radius 2 is 2.11 bits per heavy atom. The summed E-state index contributed by atoms with van der Waals surface area (Å²) in [6.07, 6.45) is 5.38. The fraction of sp³-hybridized carbons (Fsp3) is 0.500. The van der Waals surface area contributed by atoms with Crippen LogP contribution in [0.2, 0.25) is 0 Å². The normalized spacial score (nSPS) is 33.9. The minimum Gasteiger partial charge on any atom is -0.508 e. The SMILES string of the molecule is C[C@]12CCC(c3ccc(O)cc3F)=C[C@H]1CC[C@@H]2O. The van der Waals surface area contributed by atoms with E-state index >= 15 is 0 Å². The highest BCUT2D eigenvalue weighted by atomic mass is 19.1. The molecule has 0 heterocycles. The van der Waals surface area contributed by atoms with E-state index in [1.807, 2.05) is 0 Å². The summed E-state index contributed by atoms with van der Waals surface area (Å²) >= 11 is 0. The molecule has 2 N–H and O–H groups in total. The van der Waals surface area contributed by atoms with Gasteiger partial charge in [-0.25, -0.2) is 4.39 Å². The van der Waals surface area contributed by atoms with Crippen LogP contribution in [0.25, 0.3) is 5.57 Å². The van der Waals surface area contributed by atoms with Gasteiger partial charge in [0.15, 0.2) is 0 Å². The van der Waals surface area contributed by atoms with Gasteiger partial charge in [0.05, 0.1) is 6.10 Å². The lowest BCUT2D eigenvalue weighted by Gasteiger charge is -2.37. The summed E-state index contributed by atoms with van der Waals surface area (Å²) in [6, 6.07) is 4.33. The van der Waals surface area contributed by atoms with E-state index in [2.05, 4.69) is 13.0 Å². The maximum Gasteiger partial charge on any atom is 0.134 e. The molecule has 0 saturated heterocycles. The number of fused-ring (bicyclic) bond motifs is 1. The molecule has 3 rings (SSSR count). The summed E-state index contributed by atoms with van der Waals surface area (Å²) in [5.41, 5.74) is 1.55. The first-order valence-electron chi connectivity index (χ1n) is 6.88. The Kier molecular flexibility index (Phi) is 2.90. The quantitative estimate of drug-likeness (QED) is 0.813. The lowest BCUT2D eigenvalue weighted by atomic mass is 9.69. The van der Waals surface area contributed by atoms with Crippen LogP contribution in [-0.4, -0.2) is 16.3 Å². The first-order valence-corrected chi connectivity index (χ1v) is 6.88. The van der Waals surface area contributed by atoms with Crippen molar-refractivity contribution < 1.29 is 14.6 Å². The molecular weight excluding hydrogens is 243 g/mol. The number of allylic oxidation sites excluding steroid dienone is 2. The summed E-state index contributed by atoms with van der Waals surface area (Å²) < 4.78 is 13.9. The summed E-state index contributed by atoms with van der Waals surface area (Å²) in [5, 5.41) is 19.4. The Morgan fingerprint density at radius 1 is 1.32 bits per heavy atom. The number of phenolic OH excluding ortho intramolecular Hbond substituents is 1. The Balaban J connectivity index is 1.96. The van der Waals surface area contributed by atoms with Crippen LogP contribution in [0.1, 0.15) is 38.2 Å². The molecule has 3 atom stereocenters. The fourth-order valence-electron chi connectivity index (χ4n) is 3.59. The van der Waals surface area contributed by atoms with E-state index in [0.717, 1.165) is 37.3 Å². The average molecular weight is 262 g/mol. The molecular formula is C16H19FO2. The molecule has 0 radical (unpaired) electrons. The molecule has 1 saturated carbocycles. The van der Waals surface area contributed by atoms with Crippen LogP contribution in [0.15, 0.2) is 24.3 Å². The third-order valence-corrected chi connectivity index (χ3v) is 4.99. The molecule has 19 heavy (non-hydrogen) atoms. The summed E-state index contributed by atoms with van der Waals surface area (Å²) in [5.74, 6) is -0.0772. The van der Waals surface area contributed by atoms with Crippen molar-refractivity contribution in [3.8, 4) is 5.75 Å². The molecule has 0 bridgehead atoms. The smallest absolute Gasteiger partial charge is 0.134 e. The van der Waals surface area contributed by atoms with Crippen molar-refractivity contribution >= 4 is 5.57 Å². The van der Waals surface area contributed by atoms with Crippen LogP contribution >= 0.6 is 0 Å².